The number of hydrogen-bond acceptors (Lipinski definition) is 5. The highest BCUT2D eigenvalue weighted by molar-refractivity contribution is 5.81. The van der Waals surface area contributed by atoms with Gasteiger partial charge in [-0.15, -0.1) is 0 Å². The molecule has 1 aromatic heterocycles. The molecule has 3 aliphatic rings. The highest BCUT2D eigenvalue weighted by atomic mass is 19.1. The molecule has 0 N–H and O–H groups in total. The van der Waals surface area contributed by atoms with Crippen LogP contribution in [0.15, 0.2) is 57.5 Å². The Morgan fingerprint density at radius 2 is 2.06 bits per heavy atom. The average Bonchev–Trinajstić information content (AvgIpc) is 2.84. The molecule has 6 rings (SSSR count). The van der Waals surface area contributed by atoms with Gasteiger partial charge in [0.2, 0.25) is 0 Å². The highest BCUT2D eigenvalue weighted by Crippen LogP contribution is 2.61. The van der Waals surface area contributed by atoms with Crippen LogP contribution in [0, 0.1) is 29.0 Å². The topological polar surface area (TPSA) is 68.8 Å². The van der Waals surface area contributed by atoms with Gasteiger partial charge < -0.3 is 4.74 Å². The first-order chi connectivity index (χ1) is 16.8. The molecule has 0 aliphatic heterocycles. The van der Waals surface area contributed by atoms with E-state index in [-0.39, 0.29) is 17.4 Å². The Morgan fingerprint density at radius 1 is 1.23 bits per heavy atom. The maximum Gasteiger partial charge on any atom is 0.261 e. The normalized spacial score (nSPS) is 24.4. The van der Waals surface area contributed by atoms with E-state index in [0.717, 1.165) is 18.3 Å². The van der Waals surface area contributed by atoms with E-state index < -0.39 is 0 Å². The van der Waals surface area contributed by atoms with Crippen LogP contribution in [0.2, 0.25) is 0 Å². The number of nitrogens with zero attached hydrogens (tertiary/aromatic N) is 4. The molecule has 3 aromatic rings. The second-order valence-corrected chi connectivity index (χ2v) is 10.5. The Kier molecular flexibility index (Phi) is 6.06. The number of benzene rings is 2. The van der Waals surface area contributed by atoms with Crippen LogP contribution < -0.4 is 10.3 Å². The monoisotopic (exact) mass is 474 g/mol. The van der Waals surface area contributed by atoms with Crippen LogP contribution in [0.5, 0.6) is 5.75 Å². The minimum Gasteiger partial charge on any atom is -0.497 e. The number of rotatable bonds is 6. The molecule has 3 saturated carbocycles. The largest absolute Gasteiger partial charge is 0.497 e. The number of aliphatic imine (C=N–C) groups is 2. The standard InChI is InChI=1S/C28H31FN4O2/c1-17-23-11-19(28(23,2)3)12-25(17)31-15-30-20-6-8-22-26(13-20)32-16-33(27(22)34)10-9-18-5-7-21(35-4)14-24(18)29/h5-8,13-14,16-17,19,23,25H,9-12H2,1-4H3/t17-,19+,23+,25+/m1/s1. The van der Waals surface area contributed by atoms with Gasteiger partial charge in [-0.25, -0.2) is 14.4 Å². The Hall–Kier alpha value is -3.31. The molecule has 0 unspecified atom stereocenters. The molecular weight excluding hydrogens is 443 g/mol. The van der Waals surface area contributed by atoms with Crippen molar-refractivity contribution in [2.75, 3.05) is 7.11 Å². The zero-order valence-electron chi connectivity index (χ0n) is 20.7. The summed E-state index contributed by atoms with van der Waals surface area (Å²) >= 11 is 0. The predicted molar refractivity (Wildman–Crippen MR) is 135 cm³/mol. The van der Waals surface area contributed by atoms with Gasteiger partial charge in [-0.3, -0.25) is 9.36 Å². The lowest BCUT2D eigenvalue weighted by molar-refractivity contribution is -0.108. The summed E-state index contributed by atoms with van der Waals surface area (Å²) in [5.74, 6) is 2.13. The van der Waals surface area contributed by atoms with Crippen LogP contribution in [0.1, 0.15) is 39.2 Å². The summed E-state index contributed by atoms with van der Waals surface area (Å²) in [6.45, 7) is 7.38. The van der Waals surface area contributed by atoms with Gasteiger partial charge >= 0.3 is 0 Å². The molecule has 182 valence electrons. The summed E-state index contributed by atoms with van der Waals surface area (Å²) in [6.07, 6.45) is 4.30. The first-order valence-corrected chi connectivity index (χ1v) is 12.2. The summed E-state index contributed by atoms with van der Waals surface area (Å²) < 4.78 is 20.8. The fraction of sp³-hybridized carbons (Fsp3) is 0.464. The fourth-order valence-corrected chi connectivity index (χ4v) is 5.93. The molecule has 6 nitrogen and oxygen atoms in total. The maximum absolute atomic E-state index is 14.2. The first kappa shape index (κ1) is 23.4. The molecule has 2 aromatic carbocycles. The highest BCUT2D eigenvalue weighted by Gasteiger charge is 2.56. The van der Waals surface area contributed by atoms with E-state index in [1.54, 1.807) is 30.3 Å². The number of halogens is 1. The molecular formula is C28H31FN4O2. The van der Waals surface area contributed by atoms with E-state index >= 15 is 0 Å². The minimum absolute atomic E-state index is 0.161. The van der Waals surface area contributed by atoms with Gasteiger partial charge in [0, 0.05) is 12.6 Å². The van der Waals surface area contributed by atoms with Gasteiger partial charge in [-0.1, -0.05) is 26.8 Å². The van der Waals surface area contributed by atoms with Gasteiger partial charge in [0.05, 0.1) is 42.1 Å². The van der Waals surface area contributed by atoms with Crippen molar-refractivity contribution in [1.29, 1.82) is 0 Å². The predicted octanol–water partition coefficient (Wildman–Crippen LogP) is 5.66. The fourth-order valence-electron chi connectivity index (χ4n) is 5.93. The summed E-state index contributed by atoms with van der Waals surface area (Å²) in [7, 11) is 1.50. The summed E-state index contributed by atoms with van der Waals surface area (Å²) in [5.41, 5.74) is 2.03. The van der Waals surface area contributed by atoms with Crippen molar-refractivity contribution in [1.82, 2.24) is 9.55 Å². The van der Waals surface area contributed by atoms with E-state index in [9.17, 15) is 9.18 Å². The molecule has 0 spiro atoms. The second-order valence-electron chi connectivity index (χ2n) is 10.5. The van der Waals surface area contributed by atoms with E-state index in [1.807, 2.05) is 0 Å². The van der Waals surface area contributed by atoms with Crippen molar-refractivity contribution in [2.24, 2.45) is 33.2 Å². The molecule has 0 amide bonds. The smallest absolute Gasteiger partial charge is 0.261 e. The van der Waals surface area contributed by atoms with Gasteiger partial charge in [0.1, 0.15) is 11.6 Å². The number of aromatic nitrogens is 2. The molecule has 7 heteroatoms. The number of fused-ring (bicyclic) bond motifs is 3. The molecule has 0 radical (unpaired) electrons. The van der Waals surface area contributed by atoms with E-state index in [4.69, 9.17) is 4.74 Å². The molecule has 3 aliphatic carbocycles. The minimum atomic E-state index is -0.348. The summed E-state index contributed by atoms with van der Waals surface area (Å²) in [4.78, 5) is 26.4. The van der Waals surface area contributed by atoms with E-state index in [0.29, 0.717) is 52.2 Å². The third kappa shape index (κ3) is 4.30. The molecule has 2 bridgehead atoms. The number of aryl methyl sites for hydroxylation is 2. The maximum atomic E-state index is 14.2. The lowest BCUT2D eigenvalue weighted by Crippen LogP contribution is -2.56. The van der Waals surface area contributed by atoms with Crippen LogP contribution >= 0.6 is 0 Å². The van der Waals surface area contributed by atoms with Crippen LogP contribution in [0.4, 0.5) is 10.1 Å². The average molecular weight is 475 g/mol. The van der Waals surface area contributed by atoms with Crippen molar-refractivity contribution in [3.05, 3.63) is 64.5 Å². The summed E-state index contributed by atoms with van der Waals surface area (Å²) in [6, 6.07) is 13.2. The third-order valence-corrected chi connectivity index (χ3v) is 8.41. The van der Waals surface area contributed by atoms with Crippen molar-refractivity contribution in [2.45, 2.75) is 52.6 Å². The Bertz CT molecular complexity index is 1390. The van der Waals surface area contributed by atoms with E-state index in [2.05, 4.69) is 41.7 Å². The van der Waals surface area contributed by atoms with Crippen LogP contribution in [0.25, 0.3) is 10.9 Å². The Morgan fingerprint density at radius 3 is 2.77 bits per heavy atom. The third-order valence-electron chi connectivity index (χ3n) is 8.41. The summed E-state index contributed by atoms with van der Waals surface area (Å²) in [5, 5.41) is 0.502. The number of ether oxygens (including phenoxy) is 1. The number of methoxy groups -OCH3 is 1. The molecule has 1 heterocycles. The molecule has 0 saturated heterocycles. The van der Waals surface area contributed by atoms with Crippen LogP contribution in [-0.2, 0) is 13.0 Å². The van der Waals surface area contributed by atoms with Crippen LogP contribution in [-0.4, -0.2) is 28.7 Å². The zero-order chi connectivity index (χ0) is 24.7. The van der Waals surface area contributed by atoms with Crippen LogP contribution in [0.3, 0.4) is 0 Å². The quantitative estimate of drug-likeness (QED) is 0.433. The lowest BCUT2D eigenvalue weighted by atomic mass is 9.45. The first-order valence-electron chi connectivity index (χ1n) is 12.2. The molecule has 3 fully saturated rings. The molecule has 35 heavy (non-hydrogen) atoms. The van der Waals surface area contributed by atoms with E-state index in [1.165, 1.54) is 30.5 Å². The van der Waals surface area contributed by atoms with Crippen molar-refractivity contribution >= 4 is 22.6 Å². The Balaban J connectivity index is 1.29. The molecule has 4 atom stereocenters. The Labute approximate surface area is 204 Å². The SMILES string of the molecule is COc1ccc(CCn2cnc3cc(N=C=N[C@H]4C[C@@H]5C[C@@H]([C@H]4C)C5(C)C)ccc3c2=O)c(F)c1. The lowest BCUT2D eigenvalue weighted by Gasteiger charge is -2.61. The zero-order valence-corrected chi connectivity index (χ0v) is 20.7. The van der Waals surface area contributed by atoms with Crippen molar-refractivity contribution < 1.29 is 9.13 Å². The van der Waals surface area contributed by atoms with Gasteiger partial charge in [0.15, 0.2) is 0 Å². The van der Waals surface area contributed by atoms with Crippen molar-refractivity contribution in [3.63, 3.8) is 0 Å². The van der Waals surface area contributed by atoms with Gasteiger partial charge in [-0.2, -0.15) is 4.99 Å². The van der Waals surface area contributed by atoms with Crippen molar-refractivity contribution in [3.8, 4) is 5.75 Å². The second kappa shape index (κ2) is 9.04. The van der Waals surface area contributed by atoms with Gasteiger partial charge in [0.25, 0.3) is 5.56 Å². The number of hydrogen-bond donors (Lipinski definition) is 0. The van der Waals surface area contributed by atoms with Gasteiger partial charge in [-0.05, 0) is 72.3 Å².